The summed E-state index contributed by atoms with van der Waals surface area (Å²) in [5.41, 5.74) is 2.88. The molecule has 0 bridgehead atoms. The lowest BCUT2D eigenvalue weighted by molar-refractivity contribution is 0.0981. The van der Waals surface area contributed by atoms with Crippen molar-refractivity contribution in [2.24, 2.45) is 0 Å². The summed E-state index contributed by atoms with van der Waals surface area (Å²) in [5.74, 6) is -1.09. The number of benzene rings is 3. The second-order valence-corrected chi connectivity index (χ2v) is 8.74. The molecule has 3 aromatic carbocycles. The molecule has 0 unspecified atom stereocenters. The summed E-state index contributed by atoms with van der Waals surface area (Å²) in [6.07, 6.45) is -1.25. The van der Waals surface area contributed by atoms with Gasteiger partial charge in [0.15, 0.2) is 0 Å². The molecule has 0 spiro atoms. The molecule has 0 aliphatic carbocycles. The van der Waals surface area contributed by atoms with Crippen LogP contribution in [0, 0.1) is 0 Å². The normalized spacial score (nSPS) is 17.0. The fraction of sp³-hybridized carbons (Fsp3) is 0.296. The van der Waals surface area contributed by atoms with Crippen molar-refractivity contribution < 1.29 is 28.2 Å². The Bertz CT molecular complexity index is 1210. The van der Waals surface area contributed by atoms with Gasteiger partial charge in [-0.05, 0) is 48.2 Å². The summed E-state index contributed by atoms with van der Waals surface area (Å²) in [7, 11) is 0. The number of nitrogens with one attached hydrogen (secondary N) is 1. The van der Waals surface area contributed by atoms with E-state index in [1.54, 1.807) is 4.90 Å². The molecule has 3 aromatic rings. The predicted octanol–water partition coefficient (Wildman–Crippen LogP) is 5.31. The molecule has 2 N–H and O–H groups in total. The molecule has 1 atom stereocenters. The van der Waals surface area contributed by atoms with Crippen molar-refractivity contribution in [3.05, 3.63) is 82.9 Å². The molecule has 5 rings (SSSR count). The van der Waals surface area contributed by atoms with Crippen LogP contribution in [0.2, 0.25) is 0 Å². The number of anilines is 2. The van der Waals surface area contributed by atoms with Crippen LogP contribution in [0.3, 0.4) is 0 Å². The molecular weight excluding hydrogens is 454 g/mol. The lowest BCUT2D eigenvalue weighted by Crippen LogP contribution is -2.29. The Hall–Kier alpha value is -3.65. The van der Waals surface area contributed by atoms with Gasteiger partial charge in [-0.3, -0.25) is 4.79 Å². The smallest absolute Gasteiger partial charge is 0.265 e. The van der Waals surface area contributed by atoms with Gasteiger partial charge < -0.3 is 24.8 Å². The Balaban J connectivity index is 1.45. The third kappa shape index (κ3) is 4.93. The van der Waals surface area contributed by atoms with Gasteiger partial charge in [-0.1, -0.05) is 36.4 Å². The average molecular weight is 481 g/mol. The SMILES string of the molecule is O=C(c1c(O)cc(C(F)F)cc1OCc1ccccc1)N1CCc2ccc(N[C@H]3CCOC3)cc21. The number of amides is 1. The molecule has 2 heterocycles. The molecule has 2 aliphatic heterocycles. The van der Waals surface area contributed by atoms with Crippen LogP contribution in [-0.4, -0.2) is 36.8 Å². The van der Waals surface area contributed by atoms with Crippen molar-refractivity contribution in [2.45, 2.75) is 31.9 Å². The number of phenols is 1. The van der Waals surface area contributed by atoms with Crippen molar-refractivity contribution in [3.63, 3.8) is 0 Å². The summed E-state index contributed by atoms with van der Waals surface area (Å²) in [4.78, 5) is 15.2. The first-order valence-corrected chi connectivity index (χ1v) is 11.6. The van der Waals surface area contributed by atoms with Gasteiger partial charge in [0.1, 0.15) is 23.7 Å². The van der Waals surface area contributed by atoms with Gasteiger partial charge >= 0.3 is 0 Å². The molecule has 35 heavy (non-hydrogen) atoms. The number of nitrogens with zero attached hydrogens (tertiary/aromatic N) is 1. The van der Waals surface area contributed by atoms with Crippen LogP contribution in [-0.2, 0) is 17.8 Å². The molecule has 0 saturated carbocycles. The molecule has 8 heteroatoms. The quantitative estimate of drug-likeness (QED) is 0.480. The maximum atomic E-state index is 13.7. The number of hydrogen-bond donors (Lipinski definition) is 2. The minimum absolute atomic E-state index is 0.0695. The summed E-state index contributed by atoms with van der Waals surface area (Å²) >= 11 is 0. The maximum Gasteiger partial charge on any atom is 0.265 e. The fourth-order valence-electron chi connectivity index (χ4n) is 4.51. The first-order chi connectivity index (χ1) is 17.0. The lowest BCUT2D eigenvalue weighted by atomic mass is 10.1. The van der Waals surface area contributed by atoms with Gasteiger partial charge in [0, 0.05) is 30.1 Å². The van der Waals surface area contributed by atoms with Crippen molar-refractivity contribution in [2.75, 3.05) is 30.0 Å². The van der Waals surface area contributed by atoms with Crippen LogP contribution < -0.4 is 15.0 Å². The van der Waals surface area contributed by atoms with Gasteiger partial charge in [0.05, 0.1) is 12.6 Å². The van der Waals surface area contributed by atoms with E-state index >= 15 is 0 Å². The minimum atomic E-state index is -2.81. The lowest BCUT2D eigenvalue weighted by Gasteiger charge is -2.22. The number of carbonyl (C=O) groups excluding carboxylic acids is 1. The largest absolute Gasteiger partial charge is 0.507 e. The highest BCUT2D eigenvalue weighted by Crippen LogP contribution is 2.39. The van der Waals surface area contributed by atoms with E-state index in [4.69, 9.17) is 9.47 Å². The number of carbonyl (C=O) groups is 1. The second kappa shape index (κ2) is 9.92. The summed E-state index contributed by atoms with van der Waals surface area (Å²) in [5, 5.41) is 14.1. The van der Waals surface area contributed by atoms with E-state index in [1.807, 2.05) is 48.5 Å². The summed E-state index contributed by atoms with van der Waals surface area (Å²) in [6, 6.07) is 17.3. The van der Waals surface area contributed by atoms with Gasteiger partial charge in [-0.2, -0.15) is 0 Å². The third-order valence-electron chi connectivity index (χ3n) is 6.33. The van der Waals surface area contributed by atoms with Gasteiger partial charge in [0.25, 0.3) is 12.3 Å². The van der Waals surface area contributed by atoms with Crippen LogP contribution in [0.15, 0.2) is 60.7 Å². The van der Waals surface area contributed by atoms with Crippen LogP contribution >= 0.6 is 0 Å². The van der Waals surface area contributed by atoms with Gasteiger partial charge in [-0.15, -0.1) is 0 Å². The molecule has 1 fully saturated rings. The highest BCUT2D eigenvalue weighted by atomic mass is 19.3. The number of ether oxygens (including phenoxy) is 2. The number of phenolic OH excluding ortho intramolecular Hbond substituents is 1. The van der Waals surface area contributed by atoms with Crippen molar-refractivity contribution in [1.82, 2.24) is 0 Å². The fourth-order valence-corrected chi connectivity index (χ4v) is 4.51. The summed E-state index contributed by atoms with van der Waals surface area (Å²) in [6.45, 7) is 1.83. The number of hydrogen-bond acceptors (Lipinski definition) is 5. The first-order valence-electron chi connectivity index (χ1n) is 11.6. The number of alkyl halides is 2. The van der Waals surface area contributed by atoms with E-state index in [9.17, 15) is 18.7 Å². The minimum Gasteiger partial charge on any atom is -0.507 e. The van der Waals surface area contributed by atoms with E-state index in [-0.39, 0.29) is 24.0 Å². The topological polar surface area (TPSA) is 71.0 Å². The molecule has 0 aromatic heterocycles. The van der Waals surface area contributed by atoms with E-state index < -0.39 is 23.6 Å². The van der Waals surface area contributed by atoms with E-state index in [0.717, 1.165) is 41.1 Å². The molecule has 6 nitrogen and oxygen atoms in total. The molecule has 0 radical (unpaired) electrons. The van der Waals surface area contributed by atoms with E-state index in [2.05, 4.69) is 5.32 Å². The zero-order valence-electron chi connectivity index (χ0n) is 19.0. The Morgan fingerprint density at radius 2 is 2.00 bits per heavy atom. The number of halogens is 2. The molecule has 1 amide bonds. The highest BCUT2D eigenvalue weighted by Gasteiger charge is 2.31. The standard InChI is InChI=1S/C27H26F2N2O4/c28-26(29)19-12-23(32)25(24(13-19)35-15-17-4-2-1-3-5-17)27(33)31-10-8-18-6-7-20(14-22(18)31)30-21-9-11-34-16-21/h1-7,12-14,21,26,30,32H,8-11,15-16H2/t21-/m0/s1. The van der Waals surface area contributed by atoms with E-state index in [0.29, 0.717) is 26.2 Å². The molecular formula is C27H26F2N2O4. The molecule has 1 saturated heterocycles. The zero-order valence-corrected chi connectivity index (χ0v) is 19.0. The van der Waals surface area contributed by atoms with Crippen LogP contribution in [0.5, 0.6) is 11.5 Å². The molecule has 2 aliphatic rings. The van der Waals surface area contributed by atoms with Crippen LogP contribution in [0.1, 0.15) is 39.9 Å². The Morgan fingerprint density at radius 3 is 2.74 bits per heavy atom. The average Bonchev–Trinajstić information content (AvgIpc) is 3.52. The van der Waals surface area contributed by atoms with Crippen molar-refractivity contribution in [3.8, 4) is 11.5 Å². The third-order valence-corrected chi connectivity index (χ3v) is 6.33. The highest BCUT2D eigenvalue weighted by molar-refractivity contribution is 6.11. The van der Waals surface area contributed by atoms with Crippen LogP contribution in [0.4, 0.5) is 20.2 Å². The second-order valence-electron chi connectivity index (χ2n) is 8.74. The van der Waals surface area contributed by atoms with Crippen molar-refractivity contribution in [1.29, 1.82) is 0 Å². The maximum absolute atomic E-state index is 13.7. The van der Waals surface area contributed by atoms with E-state index in [1.165, 1.54) is 0 Å². The Labute approximate surface area is 202 Å². The summed E-state index contributed by atoms with van der Waals surface area (Å²) < 4.78 is 38.1. The van der Waals surface area contributed by atoms with Crippen LogP contribution in [0.25, 0.3) is 0 Å². The number of rotatable bonds is 7. The Kier molecular flexibility index (Phi) is 6.55. The molecule has 182 valence electrons. The Morgan fingerprint density at radius 1 is 1.17 bits per heavy atom. The predicted molar refractivity (Wildman–Crippen MR) is 129 cm³/mol. The van der Waals surface area contributed by atoms with Gasteiger partial charge in [0.2, 0.25) is 0 Å². The van der Waals surface area contributed by atoms with Crippen molar-refractivity contribution >= 4 is 17.3 Å². The van der Waals surface area contributed by atoms with Gasteiger partial charge in [-0.25, -0.2) is 8.78 Å². The monoisotopic (exact) mass is 480 g/mol. The number of aromatic hydroxyl groups is 1. The first kappa shape index (κ1) is 23.1. The number of fused-ring (bicyclic) bond motifs is 1. The zero-order chi connectivity index (χ0) is 24.4.